The standard InChI is InChI=1S/C13H17NO3S/c1-8-3-4-11(9(2)5-8)17-6-12-14-10(7-18-12)13(15)16/h3-5,10,12,14H,6-7H2,1-2H3,(H,15,16). The van der Waals surface area contributed by atoms with Crippen molar-refractivity contribution in [3.05, 3.63) is 29.3 Å². The number of aliphatic carboxylic acids is 1. The first kappa shape index (κ1) is 13.2. The molecule has 1 aliphatic rings. The minimum absolute atomic E-state index is 0.0480. The van der Waals surface area contributed by atoms with Crippen molar-refractivity contribution in [2.24, 2.45) is 0 Å². The van der Waals surface area contributed by atoms with Crippen LogP contribution in [0.2, 0.25) is 0 Å². The summed E-state index contributed by atoms with van der Waals surface area (Å²) >= 11 is 1.59. The highest BCUT2D eigenvalue weighted by atomic mass is 32.2. The van der Waals surface area contributed by atoms with Crippen LogP contribution in [-0.4, -0.2) is 34.9 Å². The summed E-state index contributed by atoms with van der Waals surface area (Å²) in [7, 11) is 0. The van der Waals surface area contributed by atoms with Crippen molar-refractivity contribution < 1.29 is 14.6 Å². The van der Waals surface area contributed by atoms with Crippen molar-refractivity contribution in [3.8, 4) is 5.75 Å². The fourth-order valence-electron chi connectivity index (χ4n) is 1.90. The molecule has 4 nitrogen and oxygen atoms in total. The van der Waals surface area contributed by atoms with Gasteiger partial charge in [-0.1, -0.05) is 17.7 Å². The largest absolute Gasteiger partial charge is 0.491 e. The zero-order valence-corrected chi connectivity index (χ0v) is 11.3. The quantitative estimate of drug-likeness (QED) is 0.871. The van der Waals surface area contributed by atoms with Crippen molar-refractivity contribution in [2.75, 3.05) is 12.4 Å². The zero-order chi connectivity index (χ0) is 13.1. The van der Waals surface area contributed by atoms with E-state index < -0.39 is 12.0 Å². The topological polar surface area (TPSA) is 58.6 Å². The molecule has 2 unspecified atom stereocenters. The van der Waals surface area contributed by atoms with E-state index in [4.69, 9.17) is 9.84 Å². The number of carboxylic acids is 1. The van der Waals surface area contributed by atoms with Crippen LogP contribution < -0.4 is 10.1 Å². The third-order valence-corrected chi connectivity index (χ3v) is 4.07. The number of carbonyl (C=O) groups is 1. The SMILES string of the molecule is Cc1ccc(OCC2NC(C(=O)O)CS2)c(C)c1. The van der Waals surface area contributed by atoms with Crippen LogP contribution >= 0.6 is 11.8 Å². The second-order valence-electron chi connectivity index (χ2n) is 4.46. The van der Waals surface area contributed by atoms with Gasteiger partial charge in [-0.3, -0.25) is 10.1 Å². The van der Waals surface area contributed by atoms with E-state index in [1.165, 1.54) is 5.56 Å². The van der Waals surface area contributed by atoms with Gasteiger partial charge < -0.3 is 9.84 Å². The van der Waals surface area contributed by atoms with Crippen LogP contribution in [0.4, 0.5) is 0 Å². The van der Waals surface area contributed by atoms with Gasteiger partial charge in [-0.25, -0.2) is 0 Å². The van der Waals surface area contributed by atoms with E-state index in [1.54, 1.807) is 11.8 Å². The Morgan fingerprint density at radius 2 is 2.33 bits per heavy atom. The number of thioether (sulfide) groups is 1. The van der Waals surface area contributed by atoms with E-state index in [0.717, 1.165) is 11.3 Å². The summed E-state index contributed by atoms with van der Waals surface area (Å²) in [5, 5.41) is 12.0. The molecule has 0 aliphatic carbocycles. The van der Waals surface area contributed by atoms with Crippen molar-refractivity contribution in [3.63, 3.8) is 0 Å². The minimum atomic E-state index is -0.795. The predicted octanol–water partition coefficient (Wildman–Crippen LogP) is 1.80. The van der Waals surface area contributed by atoms with Gasteiger partial charge >= 0.3 is 5.97 Å². The Kier molecular flexibility index (Phi) is 4.14. The molecule has 2 atom stereocenters. The van der Waals surface area contributed by atoms with E-state index in [1.807, 2.05) is 26.0 Å². The molecule has 1 heterocycles. The summed E-state index contributed by atoms with van der Waals surface area (Å²) in [5.74, 6) is 0.661. The van der Waals surface area contributed by atoms with Gasteiger partial charge in [0.2, 0.25) is 0 Å². The summed E-state index contributed by atoms with van der Waals surface area (Å²) in [6.45, 7) is 4.54. The van der Waals surface area contributed by atoms with E-state index in [0.29, 0.717) is 12.4 Å². The first-order valence-corrected chi connectivity index (χ1v) is 6.91. The van der Waals surface area contributed by atoms with Crippen molar-refractivity contribution >= 4 is 17.7 Å². The molecule has 18 heavy (non-hydrogen) atoms. The maximum Gasteiger partial charge on any atom is 0.321 e. The molecule has 5 heteroatoms. The van der Waals surface area contributed by atoms with Crippen LogP contribution in [-0.2, 0) is 4.79 Å². The summed E-state index contributed by atoms with van der Waals surface area (Å²) in [5.41, 5.74) is 2.31. The van der Waals surface area contributed by atoms with E-state index in [2.05, 4.69) is 11.4 Å². The van der Waals surface area contributed by atoms with Gasteiger partial charge in [0.1, 0.15) is 18.4 Å². The lowest BCUT2D eigenvalue weighted by Crippen LogP contribution is -2.38. The fraction of sp³-hybridized carbons (Fsp3) is 0.462. The Balaban J connectivity index is 1.87. The fourth-order valence-corrected chi connectivity index (χ4v) is 2.99. The minimum Gasteiger partial charge on any atom is -0.491 e. The molecule has 2 rings (SSSR count). The van der Waals surface area contributed by atoms with Crippen LogP contribution in [0.5, 0.6) is 5.75 Å². The van der Waals surface area contributed by atoms with Gasteiger partial charge in [-0.2, -0.15) is 0 Å². The highest BCUT2D eigenvalue weighted by molar-refractivity contribution is 8.00. The second kappa shape index (κ2) is 5.63. The normalized spacial score (nSPS) is 23.0. The zero-order valence-electron chi connectivity index (χ0n) is 10.5. The van der Waals surface area contributed by atoms with Crippen molar-refractivity contribution in [1.29, 1.82) is 0 Å². The Morgan fingerprint density at radius 3 is 2.94 bits per heavy atom. The monoisotopic (exact) mass is 267 g/mol. The molecule has 0 radical (unpaired) electrons. The molecule has 0 aromatic heterocycles. The lowest BCUT2D eigenvalue weighted by molar-refractivity contribution is -0.138. The number of hydrogen-bond acceptors (Lipinski definition) is 4. The van der Waals surface area contributed by atoms with Gasteiger partial charge in [-0.05, 0) is 25.5 Å². The Morgan fingerprint density at radius 1 is 1.56 bits per heavy atom. The summed E-state index contributed by atoms with van der Waals surface area (Å²) < 4.78 is 5.73. The van der Waals surface area contributed by atoms with Gasteiger partial charge in [-0.15, -0.1) is 11.8 Å². The van der Waals surface area contributed by atoms with Crippen LogP contribution in [0.25, 0.3) is 0 Å². The third kappa shape index (κ3) is 3.17. The van der Waals surface area contributed by atoms with Crippen LogP contribution in [0.3, 0.4) is 0 Å². The molecule has 98 valence electrons. The molecular formula is C13H17NO3S. The molecular weight excluding hydrogens is 250 g/mol. The number of nitrogens with one attached hydrogen (secondary N) is 1. The van der Waals surface area contributed by atoms with Crippen LogP contribution in [0.15, 0.2) is 18.2 Å². The average molecular weight is 267 g/mol. The first-order valence-electron chi connectivity index (χ1n) is 5.87. The molecule has 0 bridgehead atoms. The highest BCUT2D eigenvalue weighted by Crippen LogP contribution is 2.23. The van der Waals surface area contributed by atoms with Crippen LogP contribution in [0, 0.1) is 13.8 Å². The van der Waals surface area contributed by atoms with E-state index >= 15 is 0 Å². The lowest BCUT2D eigenvalue weighted by Gasteiger charge is -2.14. The average Bonchev–Trinajstić information content (AvgIpc) is 2.76. The molecule has 1 aromatic carbocycles. The maximum atomic E-state index is 10.8. The molecule has 0 spiro atoms. The number of carboxylic acid groups (broad SMARTS) is 1. The number of aryl methyl sites for hydroxylation is 2. The molecule has 0 amide bonds. The van der Waals surface area contributed by atoms with Crippen molar-refractivity contribution in [1.82, 2.24) is 5.32 Å². The summed E-state index contributed by atoms with van der Waals surface area (Å²) in [4.78, 5) is 10.8. The smallest absolute Gasteiger partial charge is 0.321 e. The number of rotatable bonds is 4. The van der Waals surface area contributed by atoms with Gasteiger partial charge in [0.25, 0.3) is 0 Å². The molecule has 1 fully saturated rings. The summed E-state index contributed by atoms with van der Waals surface area (Å²) in [6.07, 6.45) is 0. The lowest BCUT2D eigenvalue weighted by atomic mass is 10.1. The number of benzene rings is 1. The predicted molar refractivity (Wildman–Crippen MR) is 72.2 cm³/mol. The number of ether oxygens (including phenoxy) is 1. The summed E-state index contributed by atoms with van der Waals surface area (Å²) in [6, 6.07) is 5.59. The molecule has 1 aromatic rings. The van der Waals surface area contributed by atoms with Crippen molar-refractivity contribution in [2.45, 2.75) is 25.3 Å². The van der Waals surface area contributed by atoms with Crippen LogP contribution in [0.1, 0.15) is 11.1 Å². The number of hydrogen-bond donors (Lipinski definition) is 2. The van der Waals surface area contributed by atoms with Gasteiger partial charge in [0, 0.05) is 5.75 Å². The second-order valence-corrected chi connectivity index (χ2v) is 5.70. The van der Waals surface area contributed by atoms with Gasteiger partial charge in [0.05, 0.1) is 5.37 Å². The Labute approximate surface area is 111 Å². The molecule has 0 saturated carbocycles. The first-order chi connectivity index (χ1) is 8.56. The molecule has 2 N–H and O–H groups in total. The third-order valence-electron chi connectivity index (χ3n) is 2.87. The van der Waals surface area contributed by atoms with E-state index in [9.17, 15) is 4.79 Å². The van der Waals surface area contributed by atoms with E-state index in [-0.39, 0.29) is 5.37 Å². The molecule has 1 saturated heterocycles. The van der Waals surface area contributed by atoms with Gasteiger partial charge in [0.15, 0.2) is 0 Å². The Bertz CT molecular complexity index is 450. The highest BCUT2D eigenvalue weighted by Gasteiger charge is 2.29. The maximum absolute atomic E-state index is 10.8. The molecule has 1 aliphatic heterocycles. The Hall–Kier alpha value is -1.20.